The van der Waals surface area contributed by atoms with Gasteiger partial charge in [0.25, 0.3) is 0 Å². The van der Waals surface area contributed by atoms with Gasteiger partial charge in [-0.1, -0.05) is 129 Å². The number of aromatic nitrogens is 1. The SMILES string of the molecule is CC1(C)c2ccccc2-c2cc3c4ccccc4n(-c4ccc(N(c5ccccc5)c5ccc(-c6cccc7ccccc67)cc5)cc4)c3cc21. The quantitative estimate of drug-likeness (QED) is 0.180. The van der Waals surface area contributed by atoms with E-state index in [9.17, 15) is 0 Å². The molecule has 0 fully saturated rings. The molecule has 1 heterocycles. The Balaban J connectivity index is 1.08. The van der Waals surface area contributed by atoms with Crippen LogP contribution in [0, 0.1) is 0 Å². The minimum atomic E-state index is -0.0649. The van der Waals surface area contributed by atoms with Gasteiger partial charge in [0.05, 0.1) is 11.0 Å². The Hall–Kier alpha value is -6.38. The van der Waals surface area contributed by atoms with Gasteiger partial charge in [-0.15, -0.1) is 0 Å². The second-order valence-electron chi connectivity index (χ2n) is 14.2. The van der Waals surface area contributed by atoms with E-state index >= 15 is 0 Å². The summed E-state index contributed by atoms with van der Waals surface area (Å²) in [5.41, 5.74) is 14.9. The number of hydrogen-bond donors (Lipinski definition) is 0. The van der Waals surface area contributed by atoms with Crippen molar-refractivity contribution in [2.75, 3.05) is 4.90 Å². The molecule has 10 rings (SSSR count). The molecule has 0 amide bonds. The summed E-state index contributed by atoms with van der Waals surface area (Å²) in [6, 6.07) is 66.5. The first kappa shape index (κ1) is 29.5. The first-order valence-electron chi connectivity index (χ1n) is 17.8. The van der Waals surface area contributed by atoms with Crippen molar-refractivity contribution in [2.24, 2.45) is 0 Å². The van der Waals surface area contributed by atoms with Gasteiger partial charge < -0.3 is 9.47 Å². The molecule has 0 bridgehead atoms. The van der Waals surface area contributed by atoms with Gasteiger partial charge in [0, 0.05) is 38.9 Å². The lowest BCUT2D eigenvalue weighted by Crippen LogP contribution is -2.15. The molecular weight excluding hydrogens is 617 g/mol. The first-order valence-corrected chi connectivity index (χ1v) is 17.8. The third-order valence-corrected chi connectivity index (χ3v) is 11.0. The first-order chi connectivity index (χ1) is 25.1. The average Bonchev–Trinajstić information content (AvgIpc) is 3.63. The molecular formula is C49H36N2. The van der Waals surface area contributed by atoms with Gasteiger partial charge in [-0.2, -0.15) is 0 Å². The molecule has 51 heavy (non-hydrogen) atoms. The second-order valence-corrected chi connectivity index (χ2v) is 14.2. The van der Waals surface area contributed by atoms with Gasteiger partial charge in [0.2, 0.25) is 0 Å². The van der Waals surface area contributed by atoms with Crippen LogP contribution in [0.4, 0.5) is 17.1 Å². The van der Waals surface area contributed by atoms with E-state index in [1.165, 1.54) is 66.0 Å². The smallest absolute Gasteiger partial charge is 0.0544 e. The van der Waals surface area contributed by atoms with Gasteiger partial charge >= 0.3 is 0 Å². The van der Waals surface area contributed by atoms with Crippen molar-refractivity contribution in [1.82, 2.24) is 4.57 Å². The summed E-state index contributed by atoms with van der Waals surface area (Å²) in [4.78, 5) is 2.34. The lowest BCUT2D eigenvalue weighted by atomic mass is 9.82. The van der Waals surface area contributed by atoms with Crippen molar-refractivity contribution in [3.05, 3.63) is 193 Å². The Morgan fingerprint density at radius 3 is 1.82 bits per heavy atom. The third-order valence-electron chi connectivity index (χ3n) is 11.0. The largest absolute Gasteiger partial charge is 0.311 e. The highest BCUT2D eigenvalue weighted by molar-refractivity contribution is 6.11. The molecule has 0 N–H and O–H groups in total. The molecule has 0 saturated heterocycles. The molecule has 2 heteroatoms. The molecule has 1 aliphatic carbocycles. The molecule has 0 unspecified atom stereocenters. The summed E-state index contributed by atoms with van der Waals surface area (Å²) in [6.45, 7) is 4.72. The van der Waals surface area contributed by atoms with Crippen LogP contribution in [0.5, 0.6) is 0 Å². The van der Waals surface area contributed by atoms with Gasteiger partial charge in [-0.3, -0.25) is 0 Å². The fourth-order valence-electron chi connectivity index (χ4n) is 8.48. The van der Waals surface area contributed by atoms with E-state index in [2.05, 4.69) is 205 Å². The summed E-state index contributed by atoms with van der Waals surface area (Å²) < 4.78 is 2.44. The van der Waals surface area contributed by atoms with Gasteiger partial charge in [0.1, 0.15) is 0 Å². The molecule has 0 saturated carbocycles. The highest BCUT2D eigenvalue weighted by Gasteiger charge is 2.36. The molecule has 242 valence electrons. The summed E-state index contributed by atoms with van der Waals surface area (Å²) in [6.07, 6.45) is 0. The van der Waals surface area contributed by atoms with Crippen LogP contribution in [-0.2, 0) is 5.41 Å². The van der Waals surface area contributed by atoms with Crippen LogP contribution in [0.25, 0.3) is 60.5 Å². The maximum Gasteiger partial charge on any atom is 0.0544 e. The fraction of sp³-hybridized carbons (Fsp3) is 0.0612. The highest BCUT2D eigenvalue weighted by atomic mass is 15.1. The third kappa shape index (κ3) is 4.57. The van der Waals surface area contributed by atoms with E-state index in [0.717, 1.165) is 22.7 Å². The maximum absolute atomic E-state index is 2.45. The van der Waals surface area contributed by atoms with Crippen LogP contribution in [0.2, 0.25) is 0 Å². The zero-order chi connectivity index (χ0) is 34.1. The fourth-order valence-corrected chi connectivity index (χ4v) is 8.48. The molecule has 9 aromatic rings. The number of rotatable bonds is 5. The molecule has 2 nitrogen and oxygen atoms in total. The molecule has 8 aromatic carbocycles. The van der Waals surface area contributed by atoms with E-state index in [1.54, 1.807) is 0 Å². The summed E-state index contributed by atoms with van der Waals surface area (Å²) in [5, 5.41) is 5.09. The predicted octanol–water partition coefficient (Wildman–Crippen LogP) is 13.4. The Kier molecular flexibility index (Phi) is 6.56. The zero-order valence-electron chi connectivity index (χ0n) is 28.7. The van der Waals surface area contributed by atoms with Gasteiger partial charge in [-0.25, -0.2) is 0 Å². The minimum absolute atomic E-state index is 0.0649. The van der Waals surface area contributed by atoms with Crippen LogP contribution in [-0.4, -0.2) is 4.57 Å². The predicted molar refractivity (Wildman–Crippen MR) is 216 cm³/mol. The Morgan fingerprint density at radius 2 is 1.02 bits per heavy atom. The number of fused-ring (bicyclic) bond motifs is 7. The summed E-state index contributed by atoms with van der Waals surface area (Å²) in [5.74, 6) is 0. The van der Waals surface area contributed by atoms with Crippen LogP contribution in [0.15, 0.2) is 182 Å². The van der Waals surface area contributed by atoms with E-state index in [-0.39, 0.29) is 5.41 Å². The highest BCUT2D eigenvalue weighted by Crippen LogP contribution is 2.51. The molecule has 0 atom stereocenters. The van der Waals surface area contributed by atoms with Crippen molar-refractivity contribution < 1.29 is 0 Å². The van der Waals surface area contributed by atoms with E-state index in [0.29, 0.717) is 0 Å². The second kappa shape index (κ2) is 11.3. The standard InChI is InChI=1S/C49H36N2/c1-49(2)45-21-10-8-18-41(45)43-31-44-42-19-9-11-22-47(42)51(48(44)32-46(43)49)38-29-27-37(28-30-38)50(35-15-4-3-5-16-35)36-25-23-34(24-26-36)40-20-12-14-33-13-6-7-17-39(33)40/h3-32H,1-2H3. The normalized spacial score (nSPS) is 13.1. The lowest BCUT2D eigenvalue weighted by molar-refractivity contribution is 0.661. The Bertz CT molecular complexity index is 2750. The maximum atomic E-state index is 2.45. The van der Waals surface area contributed by atoms with Crippen molar-refractivity contribution >= 4 is 49.6 Å². The van der Waals surface area contributed by atoms with Crippen molar-refractivity contribution in [3.63, 3.8) is 0 Å². The molecule has 1 aliphatic rings. The molecule has 0 aliphatic heterocycles. The summed E-state index contributed by atoms with van der Waals surface area (Å²) in [7, 11) is 0. The number of hydrogen-bond acceptors (Lipinski definition) is 1. The monoisotopic (exact) mass is 652 g/mol. The molecule has 0 spiro atoms. The van der Waals surface area contributed by atoms with Gasteiger partial charge in [-0.05, 0) is 111 Å². The van der Waals surface area contributed by atoms with Crippen LogP contribution < -0.4 is 4.90 Å². The number of nitrogens with zero attached hydrogens (tertiary/aromatic N) is 2. The van der Waals surface area contributed by atoms with Gasteiger partial charge in [0.15, 0.2) is 0 Å². The van der Waals surface area contributed by atoms with Crippen molar-refractivity contribution in [1.29, 1.82) is 0 Å². The number of benzene rings is 8. The van der Waals surface area contributed by atoms with Crippen LogP contribution in [0.1, 0.15) is 25.0 Å². The average molecular weight is 653 g/mol. The summed E-state index contributed by atoms with van der Waals surface area (Å²) >= 11 is 0. The van der Waals surface area contributed by atoms with Crippen molar-refractivity contribution in [3.8, 4) is 27.9 Å². The van der Waals surface area contributed by atoms with E-state index in [4.69, 9.17) is 0 Å². The lowest BCUT2D eigenvalue weighted by Gasteiger charge is -2.26. The number of para-hydroxylation sites is 2. The molecule has 0 radical (unpaired) electrons. The van der Waals surface area contributed by atoms with Crippen LogP contribution in [0.3, 0.4) is 0 Å². The van der Waals surface area contributed by atoms with E-state index < -0.39 is 0 Å². The minimum Gasteiger partial charge on any atom is -0.311 e. The van der Waals surface area contributed by atoms with Crippen LogP contribution >= 0.6 is 0 Å². The molecule has 1 aromatic heterocycles. The topological polar surface area (TPSA) is 8.17 Å². The number of anilines is 3. The Labute approximate surface area is 298 Å². The Morgan fingerprint density at radius 1 is 0.412 bits per heavy atom. The van der Waals surface area contributed by atoms with E-state index in [1.807, 2.05) is 0 Å². The van der Waals surface area contributed by atoms with Crippen molar-refractivity contribution in [2.45, 2.75) is 19.3 Å². The zero-order valence-corrected chi connectivity index (χ0v) is 28.7.